The summed E-state index contributed by atoms with van der Waals surface area (Å²) in [5, 5.41) is 11.9. The number of anilines is 2. The predicted molar refractivity (Wildman–Crippen MR) is 165 cm³/mol. The number of amides is 1. The van der Waals surface area contributed by atoms with Crippen LogP contribution in [0.1, 0.15) is 48.6 Å². The van der Waals surface area contributed by atoms with E-state index in [1.165, 1.54) is 0 Å². The van der Waals surface area contributed by atoms with Crippen molar-refractivity contribution in [2.24, 2.45) is 0 Å². The standard InChI is InChI=1S/C31H32BrN5O2S/c1-5-16-40-31-35-30-33-21(4)27(29(38)34-26-15-6-19(2)17-20(26)3)28(37(30)36-31)23-9-13-25(14-10-23)39-18-22-7-11-24(32)12-8-22/h6-15,17,28H,5,16,18H2,1-4H3,(H,34,38)(H,33,35,36). The van der Waals surface area contributed by atoms with Crippen LogP contribution in [0.5, 0.6) is 5.75 Å². The van der Waals surface area contributed by atoms with E-state index < -0.39 is 6.04 Å². The third-order valence-electron chi connectivity index (χ3n) is 6.66. The Bertz CT molecular complexity index is 1550. The Morgan fingerprint density at radius 2 is 1.82 bits per heavy atom. The van der Waals surface area contributed by atoms with Crippen molar-refractivity contribution in [1.29, 1.82) is 0 Å². The largest absolute Gasteiger partial charge is 0.489 e. The van der Waals surface area contributed by atoms with Crippen molar-refractivity contribution in [1.82, 2.24) is 14.8 Å². The highest BCUT2D eigenvalue weighted by atomic mass is 79.9. The first-order valence-electron chi connectivity index (χ1n) is 13.3. The molecule has 4 aromatic rings. The number of aromatic nitrogens is 3. The molecule has 2 heterocycles. The molecule has 1 atom stereocenters. The number of aryl methyl sites for hydroxylation is 2. The monoisotopic (exact) mass is 617 g/mol. The van der Waals surface area contributed by atoms with Crippen LogP contribution in [-0.2, 0) is 11.4 Å². The summed E-state index contributed by atoms with van der Waals surface area (Å²) >= 11 is 5.08. The van der Waals surface area contributed by atoms with E-state index in [2.05, 4.69) is 39.6 Å². The summed E-state index contributed by atoms with van der Waals surface area (Å²) in [6.07, 6.45) is 1.02. The smallest absolute Gasteiger partial charge is 0.255 e. The summed E-state index contributed by atoms with van der Waals surface area (Å²) in [6, 6.07) is 21.5. The SMILES string of the molecule is CCCSc1nc2n(n1)C(c1ccc(OCc3ccc(Br)cc3)cc1)C(C(=O)Nc1ccc(C)cc1C)=C(C)N2. The van der Waals surface area contributed by atoms with Gasteiger partial charge in [0.1, 0.15) is 18.4 Å². The van der Waals surface area contributed by atoms with Crippen molar-refractivity contribution in [3.05, 3.63) is 105 Å². The van der Waals surface area contributed by atoms with Crippen molar-refractivity contribution < 1.29 is 9.53 Å². The number of nitrogens with one attached hydrogen (secondary N) is 2. The van der Waals surface area contributed by atoms with Crippen LogP contribution >= 0.6 is 27.7 Å². The molecule has 0 fully saturated rings. The first kappa shape index (κ1) is 28.0. The number of benzene rings is 3. The van der Waals surface area contributed by atoms with Gasteiger partial charge in [-0.2, -0.15) is 4.98 Å². The Hall–Kier alpha value is -3.56. The number of allylic oxidation sites excluding steroid dienone is 1. The predicted octanol–water partition coefficient (Wildman–Crippen LogP) is 7.67. The van der Waals surface area contributed by atoms with Gasteiger partial charge in [0, 0.05) is 21.6 Å². The molecule has 0 aliphatic carbocycles. The van der Waals surface area contributed by atoms with Gasteiger partial charge in [-0.05, 0) is 74.2 Å². The molecule has 1 amide bonds. The molecular weight excluding hydrogens is 586 g/mol. The number of carbonyl (C=O) groups is 1. The molecule has 206 valence electrons. The van der Waals surface area contributed by atoms with Crippen molar-refractivity contribution in [3.63, 3.8) is 0 Å². The summed E-state index contributed by atoms with van der Waals surface area (Å²) in [4.78, 5) is 18.5. The summed E-state index contributed by atoms with van der Waals surface area (Å²) in [7, 11) is 0. The van der Waals surface area contributed by atoms with Crippen LogP contribution in [0.25, 0.3) is 0 Å². The van der Waals surface area contributed by atoms with Gasteiger partial charge in [0.05, 0.1) is 5.57 Å². The van der Waals surface area contributed by atoms with Crippen LogP contribution in [0.3, 0.4) is 0 Å². The van der Waals surface area contributed by atoms with Gasteiger partial charge in [-0.25, -0.2) is 4.68 Å². The molecule has 1 aliphatic heterocycles. The van der Waals surface area contributed by atoms with Crippen molar-refractivity contribution in [3.8, 4) is 5.75 Å². The van der Waals surface area contributed by atoms with E-state index in [0.717, 1.165) is 56.0 Å². The van der Waals surface area contributed by atoms with Crippen LogP contribution in [0.4, 0.5) is 11.6 Å². The quantitative estimate of drug-likeness (QED) is 0.188. The lowest BCUT2D eigenvalue weighted by molar-refractivity contribution is -0.113. The normalized spacial score (nSPS) is 14.5. The maximum atomic E-state index is 13.8. The lowest BCUT2D eigenvalue weighted by atomic mass is 9.94. The highest BCUT2D eigenvalue weighted by Crippen LogP contribution is 2.37. The summed E-state index contributed by atoms with van der Waals surface area (Å²) in [5.74, 6) is 2.12. The zero-order valence-electron chi connectivity index (χ0n) is 23.0. The van der Waals surface area contributed by atoms with Gasteiger partial charge >= 0.3 is 0 Å². The average Bonchev–Trinajstić information content (AvgIpc) is 3.35. The van der Waals surface area contributed by atoms with Crippen LogP contribution < -0.4 is 15.4 Å². The van der Waals surface area contributed by atoms with Gasteiger partial charge < -0.3 is 15.4 Å². The van der Waals surface area contributed by atoms with Crippen molar-refractivity contribution in [2.75, 3.05) is 16.4 Å². The van der Waals surface area contributed by atoms with E-state index in [1.807, 2.05) is 86.1 Å². The Morgan fingerprint density at radius 3 is 2.52 bits per heavy atom. The number of thioether (sulfide) groups is 1. The van der Waals surface area contributed by atoms with Gasteiger partial charge in [-0.3, -0.25) is 4.79 Å². The summed E-state index contributed by atoms with van der Waals surface area (Å²) < 4.78 is 8.89. The fourth-order valence-electron chi connectivity index (χ4n) is 4.63. The highest BCUT2D eigenvalue weighted by Gasteiger charge is 2.34. The lowest BCUT2D eigenvalue weighted by Gasteiger charge is -2.29. The number of hydrogen-bond acceptors (Lipinski definition) is 6. The molecule has 2 N–H and O–H groups in total. The average molecular weight is 619 g/mol. The fourth-order valence-corrected chi connectivity index (χ4v) is 5.57. The molecular formula is C31H32BrN5O2S. The molecule has 9 heteroatoms. The van der Waals surface area contributed by atoms with Gasteiger partial charge in [0.2, 0.25) is 11.1 Å². The van der Waals surface area contributed by atoms with E-state index in [1.54, 1.807) is 11.8 Å². The van der Waals surface area contributed by atoms with E-state index in [0.29, 0.717) is 23.3 Å². The number of rotatable bonds is 9. The van der Waals surface area contributed by atoms with Crippen LogP contribution in [-0.4, -0.2) is 26.4 Å². The number of carbonyl (C=O) groups excluding carboxylic acids is 1. The number of hydrogen-bond donors (Lipinski definition) is 2. The molecule has 0 saturated heterocycles. The topological polar surface area (TPSA) is 81.1 Å². The van der Waals surface area contributed by atoms with Crippen molar-refractivity contribution >= 4 is 45.2 Å². The number of fused-ring (bicyclic) bond motifs is 1. The maximum Gasteiger partial charge on any atom is 0.255 e. The molecule has 0 spiro atoms. The zero-order valence-corrected chi connectivity index (χ0v) is 25.4. The minimum Gasteiger partial charge on any atom is -0.489 e. The van der Waals surface area contributed by atoms with E-state index in [-0.39, 0.29) is 5.91 Å². The Labute approximate surface area is 247 Å². The maximum absolute atomic E-state index is 13.8. The van der Waals surface area contributed by atoms with Crippen LogP contribution in [0.15, 0.2) is 87.6 Å². The second-order valence-electron chi connectivity index (χ2n) is 9.83. The third-order valence-corrected chi connectivity index (χ3v) is 8.23. The van der Waals surface area contributed by atoms with Crippen molar-refractivity contribution in [2.45, 2.75) is 51.9 Å². The summed E-state index contributed by atoms with van der Waals surface area (Å²) in [6.45, 7) is 8.55. The number of nitrogens with zero attached hydrogens (tertiary/aromatic N) is 3. The van der Waals surface area contributed by atoms with Crippen LogP contribution in [0.2, 0.25) is 0 Å². The van der Waals surface area contributed by atoms with E-state index in [9.17, 15) is 4.79 Å². The minimum atomic E-state index is -0.453. The summed E-state index contributed by atoms with van der Waals surface area (Å²) in [5.41, 5.74) is 6.28. The molecule has 1 aromatic heterocycles. The second-order valence-corrected chi connectivity index (χ2v) is 11.8. The molecule has 0 radical (unpaired) electrons. The highest BCUT2D eigenvalue weighted by molar-refractivity contribution is 9.10. The van der Waals surface area contributed by atoms with Gasteiger partial charge in [-0.1, -0.05) is 76.6 Å². The molecule has 0 bridgehead atoms. The molecule has 1 aliphatic rings. The Morgan fingerprint density at radius 1 is 1.07 bits per heavy atom. The van der Waals surface area contributed by atoms with Gasteiger partial charge in [-0.15, -0.1) is 5.10 Å². The fraction of sp³-hybridized carbons (Fsp3) is 0.258. The van der Waals surface area contributed by atoms with E-state index >= 15 is 0 Å². The Balaban J connectivity index is 1.45. The molecule has 1 unspecified atom stereocenters. The van der Waals surface area contributed by atoms with E-state index in [4.69, 9.17) is 14.8 Å². The number of ether oxygens (including phenoxy) is 1. The second kappa shape index (κ2) is 12.3. The first-order chi connectivity index (χ1) is 19.3. The molecule has 0 saturated carbocycles. The Kier molecular flexibility index (Phi) is 8.61. The van der Waals surface area contributed by atoms with Gasteiger partial charge in [0.15, 0.2) is 0 Å². The first-order valence-corrected chi connectivity index (χ1v) is 15.0. The molecule has 40 heavy (non-hydrogen) atoms. The van der Waals surface area contributed by atoms with Gasteiger partial charge in [0.25, 0.3) is 5.91 Å². The minimum absolute atomic E-state index is 0.179. The zero-order chi connectivity index (χ0) is 28.2. The molecule has 7 nitrogen and oxygen atoms in total. The molecule has 3 aromatic carbocycles. The van der Waals surface area contributed by atoms with Crippen LogP contribution in [0, 0.1) is 13.8 Å². The lowest BCUT2D eigenvalue weighted by Crippen LogP contribution is -2.31. The number of halogens is 1. The third kappa shape index (κ3) is 6.26. The molecule has 5 rings (SSSR count).